The highest BCUT2D eigenvalue weighted by molar-refractivity contribution is 5.77. The number of esters is 1. The summed E-state index contributed by atoms with van der Waals surface area (Å²) in [5.74, 6) is -1.20. The Hall–Kier alpha value is -0.870. The lowest BCUT2D eigenvalue weighted by molar-refractivity contribution is -0.198. The van der Waals surface area contributed by atoms with Crippen LogP contribution >= 0.6 is 0 Å². The van der Waals surface area contributed by atoms with Crippen LogP contribution in [0, 0.1) is 0 Å². The SMILES string of the molecule is C=CCOC1(C)CC(OCC)C(=O)O1. The summed E-state index contributed by atoms with van der Waals surface area (Å²) in [5.41, 5.74) is 0. The zero-order valence-corrected chi connectivity index (χ0v) is 8.62. The molecule has 1 rings (SSSR count). The molecule has 4 nitrogen and oxygen atoms in total. The molecule has 0 radical (unpaired) electrons. The number of ether oxygens (including phenoxy) is 3. The zero-order valence-electron chi connectivity index (χ0n) is 8.62. The molecule has 1 aliphatic rings. The highest BCUT2D eigenvalue weighted by Crippen LogP contribution is 2.29. The first-order chi connectivity index (χ1) is 6.61. The summed E-state index contributed by atoms with van der Waals surface area (Å²) in [5, 5.41) is 0. The van der Waals surface area contributed by atoms with Crippen molar-refractivity contribution in [1.82, 2.24) is 0 Å². The molecule has 0 N–H and O–H groups in total. The summed E-state index contributed by atoms with van der Waals surface area (Å²) in [6.45, 7) is 7.96. The fraction of sp³-hybridized carbons (Fsp3) is 0.700. The van der Waals surface area contributed by atoms with Crippen molar-refractivity contribution < 1.29 is 19.0 Å². The van der Waals surface area contributed by atoms with Gasteiger partial charge in [0.1, 0.15) is 0 Å². The van der Waals surface area contributed by atoms with Crippen LogP contribution in [0.2, 0.25) is 0 Å². The highest BCUT2D eigenvalue weighted by Gasteiger charge is 2.44. The Morgan fingerprint density at radius 1 is 1.79 bits per heavy atom. The molecule has 2 atom stereocenters. The summed E-state index contributed by atoms with van der Waals surface area (Å²) in [7, 11) is 0. The van der Waals surface area contributed by atoms with Crippen molar-refractivity contribution >= 4 is 5.97 Å². The molecule has 1 saturated heterocycles. The van der Waals surface area contributed by atoms with E-state index in [1.54, 1.807) is 13.0 Å². The summed E-state index contributed by atoms with van der Waals surface area (Å²) in [6, 6.07) is 0. The molecule has 0 amide bonds. The van der Waals surface area contributed by atoms with E-state index in [-0.39, 0.29) is 5.97 Å². The van der Waals surface area contributed by atoms with Gasteiger partial charge in [0.05, 0.1) is 13.0 Å². The Bertz CT molecular complexity index is 226. The molecular weight excluding hydrogens is 184 g/mol. The summed E-state index contributed by atoms with van der Waals surface area (Å²) >= 11 is 0. The van der Waals surface area contributed by atoms with Crippen molar-refractivity contribution in [2.24, 2.45) is 0 Å². The number of hydrogen-bond donors (Lipinski definition) is 0. The average molecular weight is 200 g/mol. The van der Waals surface area contributed by atoms with E-state index < -0.39 is 11.9 Å². The van der Waals surface area contributed by atoms with E-state index >= 15 is 0 Å². The van der Waals surface area contributed by atoms with E-state index in [1.807, 2.05) is 6.92 Å². The smallest absolute Gasteiger partial charge is 0.338 e. The van der Waals surface area contributed by atoms with Gasteiger partial charge in [0.25, 0.3) is 0 Å². The Morgan fingerprint density at radius 2 is 2.50 bits per heavy atom. The second-order valence-corrected chi connectivity index (χ2v) is 3.30. The van der Waals surface area contributed by atoms with Crippen molar-refractivity contribution in [1.29, 1.82) is 0 Å². The van der Waals surface area contributed by atoms with Crippen LogP contribution in [0.3, 0.4) is 0 Å². The predicted octanol–water partition coefficient (Wildman–Crippen LogP) is 1.26. The maximum absolute atomic E-state index is 11.3. The molecule has 0 aliphatic carbocycles. The number of carbonyl (C=O) groups is 1. The monoisotopic (exact) mass is 200 g/mol. The van der Waals surface area contributed by atoms with Gasteiger partial charge in [0.15, 0.2) is 6.10 Å². The van der Waals surface area contributed by atoms with Gasteiger partial charge in [0.2, 0.25) is 5.79 Å². The van der Waals surface area contributed by atoms with E-state index in [0.29, 0.717) is 19.6 Å². The van der Waals surface area contributed by atoms with E-state index in [2.05, 4.69) is 6.58 Å². The van der Waals surface area contributed by atoms with Crippen molar-refractivity contribution in [3.05, 3.63) is 12.7 Å². The fourth-order valence-corrected chi connectivity index (χ4v) is 1.39. The minimum atomic E-state index is -0.856. The molecule has 0 aromatic rings. The van der Waals surface area contributed by atoms with Crippen LogP contribution in [0.1, 0.15) is 20.3 Å². The van der Waals surface area contributed by atoms with Crippen LogP contribution < -0.4 is 0 Å². The quantitative estimate of drug-likeness (QED) is 0.495. The molecule has 0 saturated carbocycles. The van der Waals surface area contributed by atoms with Gasteiger partial charge in [-0.3, -0.25) is 0 Å². The zero-order chi connectivity index (χ0) is 10.6. The van der Waals surface area contributed by atoms with E-state index in [9.17, 15) is 4.79 Å². The number of rotatable bonds is 5. The van der Waals surface area contributed by atoms with Gasteiger partial charge < -0.3 is 14.2 Å². The van der Waals surface area contributed by atoms with Gasteiger partial charge in [-0.05, 0) is 6.92 Å². The lowest BCUT2D eigenvalue weighted by atomic mass is 10.2. The van der Waals surface area contributed by atoms with Crippen molar-refractivity contribution in [3.8, 4) is 0 Å². The van der Waals surface area contributed by atoms with E-state index in [1.165, 1.54) is 0 Å². The molecule has 0 aromatic heterocycles. The van der Waals surface area contributed by atoms with Gasteiger partial charge in [-0.25, -0.2) is 4.79 Å². The molecule has 1 aliphatic heterocycles. The molecule has 4 heteroatoms. The maximum atomic E-state index is 11.3. The third-order valence-corrected chi connectivity index (χ3v) is 2.01. The Balaban J connectivity index is 2.51. The standard InChI is InChI=1S/C10H16O4/c1-4-6-13-10(3)7-8(12-5-2)9(11)14-10/h4,8H,1,5-7H2,2-3H3. The fourth-order valence-electron chi connectivity index (χ4n) is 1.39. The van der Waals surface area contributed by atoms with E-state index in [4.69, 9.17) is 14.2 Å². The molecular formula is C10H16O4. The van der Waals surface area contributed by atoms with Gasteiger partial charge in [-0.15, -0.1) is 6.58 Å². The molecule has 1 heterocycles. The Morgan fingerprint density at radius 3 is 3.07 bits per heavy atom. The summed E-state index contributed by atoms with van der Waals surface area (Å²) in [6.07, 6.45) is 1.57. The maximum Gasteiger partial charge on any atom is 0.338 e. The summed E-state index contributed by atoms with van der Waals surface area (Å²) < 4.78 is 15.6. The Labute approximate surface area is 83.8 Å². The van der Waals surface area contributed by atoms with Crippen molar-refractivity contribution in [2.45, 2.75) is 32.2 Å². The predicted molar refractivity (Wildman–Crippen MR) is 50.7 cm³/mol. The topological polar surface area (TPSA) is 44.8 Å². The minimum Gasteiger partial charge on any atom is -0.431 e. The average Bonchev–Trinajstić information content (AvgIpc) is 2.40. The van der Waals surface area contributed by atoms with Crippen LogP contribution in [0.25, 0.3) is 0 Å². The minimum absolute atomic E-state index is 0.349. The third-order valence-electron chi connectivity index (χ3n) is 2.01. The van der Waals surface area contributed by atoms with Crippen LogP contribution in [0.15, 0.2) is 12.7 Å². The second-order valence-electron chi connectivity index (χ2n) is 3.30. The molecule has 80 valence electrons. The molecule has 0 spiro atoms. The van der Waals surface area contributed by atoms with Crippen molar-refractivity contribution in [3.63, 3.8) is 0 Å². The van der Waals surface area contributed by atoms with Gasteiger partial charge in [0, 0.05) is 13.5 Å². The number of hydrogen-bond acceptors (Lipinski definition) is 4. The van der Waals surface area contributed by atoms with Crippen LogP contribution in [0.4, 0.5) is 0 Å². The first kappa shape index (κ1) is 11.2. The molecule has 2 unspecified atom stereocenters. The van der Waals surface area contributed by atoms with Crippen LogP contribution in [-0.2, 0) is 19.0 Å². The van der Waals surface area contributed by atoms with Crippen molar-refractivity contribution in [2.75, 3.05) is 13.2 Å². The summed E-state index contributed by atoms with van der Waals surface area (Å²) in [4.78, 5) is 11.3. The molecule has 0 aromatic carbocycles. The lowest BCUT2D eigenvalue weighted by Crippen LogP contribution is -2.28. The molecule has 1 fully saturated rings. The first-order valence-corrected chi connectivity index (χ1v) is 4.70. The molecule has 14 heavy (non-hydrogen) atoms. The normalized spacial score (nSPS) is 31.6. The number of cyclic esters (lactones) is 1. The number of carbonyl (C=O) groups excluding carboxylic acids is 1. The second kappa shape index (κ2) is 4.57. The third kappa shape index (κ3) is 2.56. The van der Waals surface area contributed by atoms with Gasteiger partial charge in [-0.1, -0.05) is 6.08 Å². The molecule has 0 bridgehead atoms. The van der Waals surface area contributed by atoms with E-state index in [0.717, 1.165) is 0 Å². The largest absolute Gasteiger partial charge is 0.431 e. The lowest BCUT2D eigenvalue weighted by Gasteiger charge is -2.21. The highest BCUT2D eigenvalue weighted by atomic mass is 16.7. The first-order valence-electron chi connectivity index (χ1n) is 4.70. The van der Waals surface area contributed by atoms with Gasteiger partial charge >= 0.3 is 5.97 Å². The Kier molecular flexibility index (Phi) is 3.66. The van der Waals surface area contributed by atoms with Crippen LogP contribution in [0.5, 0.6) is 0 Å². The van der Waals surface area contributed by atoms with Crippen LogP contribution in [-0.4, -0.2) is 31.1 Å². The van der Waals surface area contributed by atoms with Gasteiger partial charge in [-0.2, -0.15) is 0 Å².